The number of hydrogen-bond acceptors (Lipinski definition) is 1. The van der Waals surface area contributed by atoms with Gasteiger partial charge in [0.15, 0.2) is 0 Å². The summed E-state index contributed by atoms with van der Waals surface area (Å²) in [6.07, 6.45) is 0. The minimum atomic E-state index is 0.519. The SMILES string of the molecule is C[C@@H]1C(N)[C@H]1C. The third-order valence-corrected chi connectivity index (χ3v) is 1.90. The highest BCUT2D eigenvalue weighted by Crippen LogP contribution is 2.34. The van der Waals surface area contributed by atoms with Crippen molar-refractivity contribution in [1.82, 2.24) is 0 Å². The first-order valence-corrected chi connectivity index (χ1v) is 2.49. The van der Waals surface area contributed by atoms with Gasteiger partial charge in [0.25, 0.3) is 0 Å². The first-order valence-electron chi connectivity index (χ1n) is 2.49. The second-order valence-corrected chi connectivity index (χ2v) is 2.30. The van der Waals surface area contributed by atoms with E-state index in [1.807, 2.05) is 0 Å². The molecule has 1 aliphatic carbocycles. The molecule has 6 heavy (non-hydrogen) atoms. The normalized spacial score (nSPS) is 55.5. The molecule has 0 aromatic heterocycles. The van der Waals surface area contributed by atoms with Crippen LogP contribution in [0.1, 0.15) is 13.8 Å². The lowest BCUT2D eigenvalue weighted by Crippen LogP contribution is -2.01. The van der Waals surface area contributed by atoms with Crippen LogP contribution in [0, 0.1) is 11.8 Å². The molecule has 36 valence electrons. The lowest BCUT2D eigenvalue weighted by atomic mass is 10.4. The zero-order valence-electron chi connectivity index (χ0n) is 4.31. The summed E-state index contributed by atoms with van der Waals surface area (Å²) in [7, 11) is 0. The van der Waals surface area contributed by atoms with Gasteiger partial charge in [-0.1, -0.05) is 13.8 Å². The van der Waals surface area contributed by atoms with E-state index in [1.165, 1.54) is 0 Å². The first kappa shape index (κ1) is 4.13. The fraction of sp³-hybridized carbons (Fsp3) is 1.00. The van der Waals surface area contributed by atoms with Gasteiger partial charge in [-0.05, 0) is 11.8 Å². The maximum atomic E-state index is 5.51. The second-order valence-electron chi connectivity index (χ2n) is 2.30. The van der Waals surface area contributed by atoms with Crippen molar-refractivity contribution in [2.75, 3.05) is 0 Å². The van der Waals surface area contributed by atoms with Gasteiger partial charge in [0.05, 0.1) is 0 Å². The fourth-order valence-corrected chi connectivity index (χ4v) is 0.701. The van der Waals surface area contributed by atoms with Gasteiger partial charge in [-0.3, -0.25) is 0 Å². The Bertz CT molecular complexity index is 40.7. The lowest BCUT2D eigenvalue weighted by Gasteiger charge is -1.69. The summed E-state index contributed by atoms with van der Waals surface area (Å²) in [5.41, 5.74) is 5.51. The predicted octanol–water partition coefficient (Wildman–Crippen LogP) is 0.600. The van der Waals surface area contributed by atoms with Crippen molar-refractivity contribution < 1.29 is 0 Å². The van der Waals surface area contributed by atoms with E-state index in [-0.39, 0.29) is 0 Å². The average Bonchev–Trinajstić information content (AvgIpc) is 1.94. The molecule has 0 heterocycles. The standard InChI is InChI=1S/C5H11N/c1-3-4(2)5(3)6/h3-5H,6H2,1-2H3/t3-,4-/m0/s1. The minimum Gasteiger partial charge on any atom is -0.327 e. The lowest BCUT2D eigenvalue weighted by molar-refractivity contribution is 0.834. The minimum absolute atomic E-state index is 0.519. The van der Waals surface area contributed by atoms with Crippen LogP contribution >= 0.6 is 0 Å². The molecule has 1 heteroatoms. The van der Waals surface area contributed by atoms with Gasteiger partial charge in [0.1, 0.15) is 0 Å². The number of nitrogens with two attached hydrogens (primary N) is 1. The maximum Gasteiger partial charge on any atom is 0.00966 e. The van der Waals surface area contributed by atoms with Crippen LogP contribution in [0.15, 0.2) is 0 Å². The van der Waals surface area contributed by atoms with Crippen molar-refractivity contribution in [3.63, 3.8) is 0 Å². The van der Waals surface area contributed by atoms with Gasteiger partial charge in [-0.25, -0.2) is 0 Å². The molecule has 0 aromatic carbocycles. The van der Waals surface area contributed by atoms with Gasteiger partial charge >= 0.3 is 0 Å². The number of rotatable bonds is 0. The van der Waals surface area contributed by atoms with Crippen molar-refractivity contribution in [1.29, 1.82) is 0 Å². The van der Waals surface area contributed by atoms with E-state index in [0.717, 1.165) is 11.8 Å². The molecule has 1 fully saturated rings. The highest BCUT2D eigenvalue weighted by atomic mass is 14.8. The predicted molar refractivity (Wildman–Crippen MR) is 26.3 cm³/mol. The fourth-order valence-electron chi connectivity index (χ4n) is 0.701. The summed E-state index contributed by atoms with van der Waals surface area (Å²) in [6, 6.07) is 0.519. The third kappa shape index (κ3) is 0.350. The van der Waals surface area contributed by atoms with Crippen LogP contribution in [0.4, 0.5) is 0 Å². The van der Waals surface area contributed by atoms with Gasteiger partial charge in [-0.2, -0.15) is 0 Å². The molecule has 2 atom stereocenters. The van der Waals surface area contributed by atoms with E-state index in [0.29, 0.717) is 6.04 Å². The zero-order valence-corrected chi connectivity index (χ0v) is 4.31. The van der Waals surface area contributed by atoms with Crippen LogP contribution in [0.3, 0.4) is 0 Å². The summed E-state index contributed by atoms with van der Waals surface area (Å²) in [5.74, 6) is 1.59. The molecule has 0 unspecified atom stereocenters. The molecule has 0 aromatic rings. The summed E-state index contributed by atoms with van der Waals surface area (Å²) in [6.45, 7) is 4.38. The van der Waals surface area contributed by atoms with Crippen LogP contribution in [0.5, 0.6) is 0 Å². The van der Waals surface area contributed by atoms with Crippen molar-refractivity contribution >= 4 is 0 Å². The number of hydrogen-bond donors (Lipinski definition) is 1. The van der Waals surface area contributed by atoms with Crippen molar-refractivity contribution in [2.45, 2.75) is 19.9 Å². The Morgan fingerprint density at radius 1 is 1.17 bits per heavy atom. The Hall–Kier alpha value is -0.0400. The van der Waals surface area contributed by atoms with Crippen molar-refractivity contribution in [3.8, 4) is 0 Å². The van der Waals surface area contributed by atoms with Gasteiger partial charge in [0, 0.05) is 6.04 Å². The van der Waals surface area contributed by atoms with E-state index in [4.69, 9.17) is 5.73 Å². The molecule has 1 nitrogen and oxygen atoms in total. The van der Waals surface area contributed by atoms with Gasteiger partial charge in [-0.15, -0.1) is 0 Å². The maximum absolute atomic E-state index is 5.51. The molecular weight excluding hydrogens is 74.1 g/mol. The van der Waals surface area contributed by atoms with Crippen molar-refractivity contribution in [2.24, 2.45) is 17.6 Å². The Labute approximate surface area is 38.5 Å². The van der Waals surface area contributed by atoms with Crippen LogP contribution in [-0.2, 0) is 0 Å². The third-order valence-electron chi connectivity index (χ3n) is 1.90. The summed E-state index contributed by atoms with van der Waals surface area (Å²) < 4.78 is 0. The Kier molecular flexibility index (Phi) is 0.667. The summed E-state index contributed by atoms with van der Waals surface area (Å²) in [4.78, 5) is 0. The van der Waals surface area contributed by atoms with E-state index >= 15 is 0 Å². The van der Waals surface area contributed by atoms with E-state index in [1.54, 1.807) is 0 Å². The molecule has 1 aliphatic rings. The zero-order chi connectivity index (χ0) is 4.73. The second kappa shape index (κ2) is 0.969. The van der Waals surface area contributed by atoms with E-state index in [2.05, 4.69) is 13.8 Å². The molecule has 1 rings (SSSR count). The topological polar surface area (TPSA) is 26.0 Å². The smallest absolute Gasteiger partial charge is 0.00966 e. The van der Waals surface area contributed by atoms with Crippen LogP contribution in [0.25, 0.3) is 0 Å². The van der Waals surface area contributed by atoms with E-state index in [9.17, 15) is 0 Å². The highest BCUT2D eigenvalue weighted by molar-refractivity contribution is 4.94. The van der Waals surface area contributed by atoms with E-state index < -0.39 is 0 Å². The molecule has 0 saturated heterocycles. The molecule has 0 amide bonds. The molecule has 0 bridgehead atoms. The Balaban J connectivity index is 2.31. The molecule has 0 aliphatic heterocycles. The molecule has 1 saturated carbocycles. The van der Waals surface area contributed by atoms with Crippen LogP contribution < -0.4 is 5.73 Å². The quantitative estimate of drug-likeness (QED) is 0.458. The summed E-state index contributed by atoms with van der Waals surface area (Å²) >= 11 is 0. The summed E-state index contributed by atoms with van der Waals surface area (Å²) in [5, 5.41) is 0. The van der Waals surface area contributed by atoms with Gasteiger partial charge in [0.2, 0.25) is 0 Å². The Morgan fingerprint density at radius 3 is 1.33 bits per heavy atom. The molecule has 0 radical (unpaired) electrons. The van der Waals surface area contributed by atoms with Crippen molar-refractivity contribution in [3.05, 3.63) is 0 Å². The van der Waals surface area contributed by atoms with Crippen LogP contribution in [0.2, 0.25) is 0 Å². The molecular formula is C5H11N. The van der Waals surface area contributed by atoms with Gasteiger partial charge < -0.3 is 5.73 Å². The largest absolute Gasteiger partial charge is 0.327 e. The first-order chi connectivity index (χ1) is 2.73. The molecule has 2 N–H and O–H groups in total. The average molecular weight is 85.1 g/mol. The monoisotopic (exact) mass is 85.1 g/mol. The molecule has 0 spiro atoms. The van der Waals surface area contributed by atoms with Crippen LogP contribution in [-0.4, -0.2) is 6.04 Å². The Morgan fingerprint density at radius 2 is 1.33 bits per heavy atom. The highest BCUT2D eigenvalue weighted by Gasteiger charge is 2.38.